The smallest absolute Gasteiger partial charge is 0.254 e. The molecule has 528 valence electrons. The monoisotopic (exact) mass is 1390 g/mol. The molecule has 0 aliphatic rings. The van der Waals surface area contributed by atoms with E-state index in [4.69, 9.17) is 5.73 Å². The number of hydrogen-bond donors (Lipinski definition) is 5. The highest BCUT2D eigenvalue weighted by Gasteiger charge is 2.29. The number of hydrogen-bond acceptors (Lipinski definition) is 23. The summed E-state index contributed by atoms with van der Waals surface area (Å²) in [5.41, 5.74) is 6.75. The van der Waals surface area contributed by atoms with Gasteiger partial charge in [0, 0.05) is 131 Å². The van der Waals surface area contributed by atoms with Gasteiger partial charge in [0.15, 0.2) is 0 Å². The molecule has 0 fully saturated rings. The lowest BCUT2D eigenvalue weighted by Crippen LogP contribution is -2.53. The molecular weight excluding hydrogens is 1300 g/mol. The van der Waals surface area contributed by atoms with Crippen molar-refractivity contribution in [1.82, 2.24) is 84.9 Å². The minimum absolute atomic E-state index is 0.0176. The van der Waals surface area contributed by atoms with Gasteiger partial charge < -0.3 is 75.8 Å². The van der Waals surface area contributed by atoms with Crippen molar-refractivity contribution < 1.29 is 84.3 Å². The first kappa shape index (κ1) is 80.5. The molecule has 3 rings (SSSR count). The number of likely N-dealkylation sites (N-methyl/N-ethyl adjacent to an activating group) is 10. The second-order valence-corrected chi connectivity index (χ2v) is 26.9. The van der Waals surface area contributed by atoms with Crippen LogP contribution >= 0.6 is 0 Å². The van der Waals surface area contributed by atoms with Crippen LogP contribution in [-0.4, -0.2) is 348 Å². The van der Waals surface area contributed by atoms with Crippen LogP contribution in [0.1, 0.15) is 36.5 Å². The van der Waals surface area contributed by atoms with Crippen LogP contribution in [0.5, 0.6) is 0 Å². The summed E-state index contributed by atoms with van der Waals surface area (Å²) in [5.74, 6) is -9.03. The highest BCUT2D eigenvalue weighted by Crippen LogP contribution is 2.29. The van der Waals surface area contributed by atoms with E-state index in [1.165, 1.54) is 107 Å². The molecule has 0 unspecified atom stereocenters. The summed E-state index contributed by atoms with van der Waals surface area (Å²) in [4.78, 5) is 195. The van der Waals surface area contributed by atoms with Crippen molar-refractivity contribution in [3.05, 3.63) is 48.5 Å². The number of carbonyl (C=O) groups excluding carboxylic acids is 13. The maximum absolute atomic E-state index is 13.9. The Morgan fingerprint density at radius 3 is 1.03 bits per heavy atom. The third-order valence-corrected chi connectivity index (χ3v) is 16.2. The summed E-state index contributed by atoms with van der Waals surface area (Å²) >= 11 is 0. The first-order valence-electron chi connectivity index (χ1n) is 29.5. The van der Waals surface area contributed by atoms with Crippen molar-refractivity contribution >= 4 is 96.5 Å². The van der Waals surface area contributed by atoms with Crippen molar-refractivity contribution in [2.75, 3.05) is 168 Å². The molecular formula is C58H86N18O18S2. The van der Waals surface area contributed by atoms with Gasteiger partial charge >= 0.3 is 0 Å². The zero-order valence-corrected chi connectivity index (χ0v) is 57.7. The molecule has 0 spiro atoms. The Labute approximate surface area is 556 Å². The third-order valence-electron chi connectivity index (χ3n) is 14.4. The number of aliphatic hydroxyl groups is 1. The minimum atomic E-state index is -3.76. The summed E-state index contributed by atoms with van der Waals surface area (Å²) in [7, 11) is 5.36. The number of sulfone groups is 2. The van der Waals surface area contributed by atoms with Crippen LogP contribution in [0.3, 0.4) is 0 Å². The van der Waals surface area contributed by atoms with Crippen molar-refractivity contribution in [3.8, 4) is 22.3 Å². The fraction of sp³-hybridized carbons (Fsp3) is 0.534. The molecule has 96 heavy (non-hydrogen) atoms. The summed E-state index contributed by atoms with van der Waals surface area (Å²) in [6.45, 7) is -4.29. The van der Waals surface area contributed by atoms with Crippen molar-refractivity contribution in [3.63, 3.8) is 0 Å². The number of rotatable bonds is 35. The molecule has 2 atom stereocenters. The van der Waals surface area contributed by atoms with E-state index >= 15 is 0 Å². The summed E-state index contributed by atoms with van der Waals surface area (Å²) in [6.07, 6.45) is 8.97. The number of nitrogens with two attached hydrogens (primary N) is 1. The van der Waals surface area contributed by atoms with Gasteiger partial charge in [0.25, 0.3) is 5.91 Å². The van der Waals surface area contributed by atoms with E-state index in [9.17, 15) is 84.3 Å². The van der Waals surface area contributed by atoms with Gasteiger partial charge in [-0.15, -0.1) is 0 Å². The number of carbonyl (C=O) groups is 13. The molecule has 0 bridgehead atoms. The standard InChI is InChI=1S/C58H86N18O18S2/c1-37(16-14-15-17-59)65-55(89)43(36-77)66-44(78)25-60-45(79)26-67(2)46(80)27-68(3)47(81)28-69(4)48(82)29-70(5)49(83)30-71(6)50(84)31-72(7)51(85)32-73(8)52(86)33-74(9)53(87)34-75(10)54(88)35-76(11)56(90)40-19-38(41-21-61-57(62-22-41)95(12,91)92)18-39(20-40)42-23-63-58(64-24-42)96(13,93)94/h18-24,37,43,77H,14-17,25-36,59H2,1-13H3,(H,60,79)(H,65,89)(H,66,78)/t37-,43-/m0/s1. The van der Waals surface area contributed by atoms with E-state index in [1.54, 1.807) is 13.0 Å². The Balaban J connectivity index is 1.44. The number of benzene rings is 1. The molecule has 0 aliphatic carbocycles. The zero-order valence-electron chi connectivity index (χ0n) is 56.1. The van der Waals surface area contributed by atoms with Gasteiger partial charge in [0.2, 0.25) is 101 Å². The van der Waals surface area contributed by atoms with E-state index < -0.39 is 191 Å². The van der Waals surface area contributed by atoms with Crippen LogP contribution in [0.15, 0.2) is 53.3 Å². The molecule has 36 nitrogen and oxygen atoms in total. The van der Waals surface area contributed by atoms with Crippen LogP contribution in [0.4, 0.5) is 0 Å². The van der Waals surface area contributed by atoms with Crippen molar-refractivity contribution in [2.45, 2.75) is 48.6 Å². The molecule has 1 aromatic carbocycles. The number of aliphatic hydroxyl groups excluding tert-OH is 1. The molecule has 2 heterocycles. The average molecular weight is 1390 g/mol. The van der Waals surface area contributed by atoms with Gasteiger partial charge in [-0.05, 0) is 55.6 Å². The molecule has 38 heteroatoms. The largest absolute Gasteiger partial charge is 0.394 e. The number of aromatic nitrogens is 4. The van der Waals surface area contributed by atoms with Crippen LogP contribution in [0.25, 0.3) is 22.3 Å². The highest BCUT2D eigenvalue weighted by molar-refractivity contribution is 7.90. The lowest BCUT2D eigenvalue weighted by Gasteiger charge is -2.27. The average Bonchev–Trinajstić information content (AvgIpc) is 0.799. The number of nitrogens with zero attached hydrogens (tertiary/aromatic N) is 14. The number of unbranched alkanes of at least 4 members (excludes halogenated alkanes) is 1. The lowest BCUT2D eigenvalue weighted by molar-refractivity contribution is -0.146. The Bertz CT molecular complexity index is 3490. The Kier molecular flexibility index (Phi) is 30.9. The molecule has 0 saturated heterocycles. The van der Waals surface area contributed by atoms with E-state index in [-0.39, 0.29) is 11.6 Å². The highest BCUT2D eigenvalue weighted by atomic mass is 32.2. The van der Waals surface area contributed by atoms with E-state index in [0.29, 0.717) is 35.2 Å². The van der Waals surface area contributed by atoms with Gasteiger partial charge in [-0.1, -0.05) is 6.42 Å². The summed E-state index contributed by atoms with van der Waals surface area (Å²) in [6, 6.07) is 2.95. The predicted molar refractivity (Wildman–Crippen MR) is 343 cm³/mol. The summed E-state index contributed by atoms with van der Waals surface area (Å²) < 4.78 is 48.1. The first-order chi connectivity index (χ1) is 44.7. The van der Waals surface area contributed by atoms with Crippen LogP contribution in [0.2, 0.25) is 0 Å². The quantitative estimate of drug-likeness (QED) is 0.0270. The third kappa shape index (κ3) is 25.9. The molecule has 3 aromatic rings. The molecule has 13 amide bonds. The minimum Gasteiger partial charge on any atom is -0.394 e. The van der Waals surface area contributed by atoms with Gasteiger partial charge in [-0.25, -0.2) is 36.8 Å². The van der Waals surface area contributed by atoms with Crippen LogP contribution in [-0.2, 0) is 77.2 Å². The van der Waals surface area contributed by atoms with Crippen LogP contribution < -0.4 is 21.7 Å². The fourth-order valence-corrected chi connectivity index (χ4v) is 9.27. The van der Waals surface area contributed by atoms with Gasteiger partial charge in [0.05, 0.1) is 78.6 Å². The first-order valence-corrected chi connectivity index (χ1v) is 33.2. The molecule has 0 aliphatic heterocycles. The van der Waals surface area contributed by atoms with Gasteiger partial charge in [-0.3, -0.25) is 62.3 Å². The Hall–Kier alpha value is -9.69. The molecule has 0 radical (unpaired) electrons. The zero-order chi connectivity index (χ0) is 72.7. The summed E-state index contributed by atoms with van der Waals surface area (Å²) in [5, 5.41) is 16.1. The normalized spacial score (nSPS) is 11.7. The van der Waals surface area contributed by atoms with Gasteiger partial charge in [0.1, 0.15) is 6.04 Å². The maximum atomic E-state index is 13.9. The molecule has 2 aromatic heterocycles. The second-order valence-electron chi connectivity index (χ2n) is 23.0. The number of amides is 13. The van der Waals surface area contributed by atoms with Crippen LogP contribution in [0, 0.1) is 0 Å². The molecule has 6 N–H and O–H groups in total. The van der Waals surface area contributed by atoms with E-state index in [1.807, 2.05) is 0 Å². The maximum Gasteiger partial charge on any atom is 0.254 e. The van der Waals surface area contributed by atoms with E-state index in [0.717, 1.165) is 74.4 Å². The van der Waals surface area contributed by atoms with Crippen molar-refractivity contribution in [1.29, 1.82) is 0 Å². The second kappa shape index (κ2) is 36.8. The Morgan fingerprint density at radius 1 is 0.438 bits per heavy atom. The Morgan fingerprint density at radius 2 is 0.740 bits per heavy atom. The van der Waals surface area contributed by atoms with E-state index in [2.05, 4.69) is 35.9 Å². The lowest BCUT2D eigenvalue weighted by atomic mass is 9.98. The topological polar surface area (TPSA) is 456 Å². The predicted octanol–water partition coefficient (Wildman–Crippen LogP) is -6.17. The van der Waals surface area contributed by atoms with Crippen molar-refractivity contribution in [2.24, 2.45) is 5.73 Å². The number of nitrogens with one attached hydrogen (secondary N) is 3. The fourth-order valence-electron chi connectivity index (χ4n) is 8.30. The SMILES string of the molecule is C[C@@H](CCCCN)NC(=O)[C@H](CO)NC(=O)CNC(=O)CN(C)C(=O)CN(C)C(=O)CN(C)C(=O)CN(C)C(=O)CN(C)C(=O)CN(C)C(=O)CN(C)C(=O)CN(C)C(=O)CN(C)C(=O)CN(C)C(=O)c1cc(-c2cnc(S(C)(=O)=O)nc2)cc(-c2cnc(S(C)(=O)=O)nc2)c1. The molecule has 0 saturated carbocycles. The van der Waals surface area contributed by atoms with Gasteiger partial charge in [-0.2, -0.15) is 0 Å².